The van der Waals surface area contributed by atoms with E-state index in [1.807, 2.05) is 6.07 Å². The summed E-state index contributed by atoms with van der Waals surface area (Å²) in [7, 11) is 0. The molecule has 5 heteroatoms. The summed E-state index contributed by atoms with van der Waals surface area (Å²) < 4.78 is 0. The van der Waals surface area contributed by atoms with Crippen LogP contribution in [-0.2, 0) is 0 Å². The normalized spacial score (nSPS) is 19.3. The molecule has 2 heterocycles. The summed E-state index contributed by atoms with van der Waals surface area (Å²) >= 11 is 5.08. The maximum atomic E-state index is 5.75. The van der Waals surface area contributed by atoms with Gasteiger partial charge in [-0.15, -0.1) is 5.10 Å². The highest BCUT2D eigenvalue weighted by atomic mass is 32.1. The number of nitrogens with zero attached hydrogens (tertiary/aromatic N) is 3. The topological polar surface area (TPSA) is 55.0 Å². The van der Waals surface area contributed by atoms with Crippen LogP contribution in [0.2, 0.25) is 0 Å². The van der Waals surface area contributed by atoms with Gasteiger partial charge in [-0.2, -0.15) is 5.10 Å². The molecule has 0 unspecified atom stereocenters. The van der Waals surface area contributed by atoms with Crippen LogP contribution in [0.25, 0.3) is 0 Å². The zero-order chi connectivity index (χ0) is 13.2. The minimum absolute atomic E-state index is 0.392. The highest BCUT2D eigenvalue weighted by molar-refractivity contribution is 7.80. The number of nitrogens with two attached hydrogens (primary N) is 1. The van der Waals surface area contributed by atoms with Crippen LogP contribution in [-0.4, -0.2) is 28.3 Å². The van der Waals surface area contributed by atoms with Crippen molar-refractivity contribution in [1.29, 1.82) is 0 Å². The molecule has 0 bridgehead atoms. The SMILES string of the molecule is CC1(C)CCCN(c2nnccc2C(N)=S)CC1. The van der Waals surface area contributed by atoms with Crippen molar-refractivity contribution in [3.05, 3.63) is 17.8 Å². The molecule has 98 valence electrons. The third-order valence-corrected chi connectivity index (χ3v) is 3.83. The Labute approximate surface area is 114 Å². The fourth-order valence-electron chi connectivity index (χ4n) is 2.38. The Bertz CT molecular complexity index is 444. The van der Waals surface area contributed by atoms with Gasteiger partial charge in [-0.1, -0.05) is 26.1 Å². The van der Waals surface area contributed by atoms with E-state index in [0.29, 0.717) is 10.4 Å². The molecule has 0 aromatic carbocycles. The minimum atomic E-state index is 0.392. The third-order valence-electron chi connectivity index (χ3n) is 3.61. The van der Waals surface area contributed by atoms with E-state index in [2.05, 4.69) is 28.9 Å². The second kappa shape index (κ2) is 5.18. The lowest BCUT2D eigenvalue weighted by atomic mass is 9.85. The molecule has 18 heavy (non-hydrogen) atoms. The summed E-state index contributed by atoms with van der Waals surface area (Å²) in [5, 5.41) is 8.18. The Morgan fingerprint density at radius 2 is 2.17 bits per heavy atom. The lowest BCUT2D eigenvalue weighted by Gasteiger charge is -2.24. The van der Waals surface area contributed by atoms with Crippen LogP contribution in [0.1, 0.15) is 38.7 Å². The molecule has 0 aliphatic carbocycles. The minimum Gasteiger partial charge on any atom is -0.389 e. The highest BCUT2D eigenvalue weighted by Crippen LogP contribution is 2.31. The van der Waals surface area contributed by atoms with Crippen LogP contribution in [0.15, 0.2) is 12.3 Å². The van der Waals surface area contributed by atoms with Gasteiger partial charge in [-0.25, -0.2) is 0 Å². The quantitative estimate of drug-likeness (QED) is 0.829. The predicted octanol–water partition coefficient (Wildman–Crippen LogP) is 2.13. The van der Waals surface area contributed by atoms with Gasteiger partial charge in [0, 0.05) is 13.1 Å². The van der Waals surface area contributed by atoms with Crippen LogP contribution in [0.3, 0.4) is 0 Å². The van der Waals surface area contributed by atoms with Crippen LogP contribution < -0.4 is 10.6 Å². The molecule has 1 aliphatic heterocycles. The Morgan fingerprint density at radius 3 is 2.89 bits per heavy atom. The molecule has 1 fully saturated rings. The maximum Gasteiger partial charge on any atom is 0.161 e. The van der Waals surface area contributed by atoms with Gasteiger partial charge in [0.1, 0.15) is 4.99 Å². The fourth-order valence-corrected chi connectivity index (χ4v) is 2.54. The molecule has 0 amide bonds. The van der Waals surface area contributed by atoms with Gasteiger partial charge in [-0.05, 0) is 30.7 Å². The van der Waals surface area contributed by atoms with E-state index < -0.39 is 0 Å². The van der Waals surface area contributed by atoms with Gasteiger partial charge >= 0.3 is 0 Å². The first-order chi connectivity index (χ1) is 8.49. The molecule has 2 N–H and O–H groups in total. The summed E-state index contributed by atoms with van der Waals surface area (Å²) in [6.45, 7) is 6.63. The summed E-state index contributed by atoms with van der Waals surface area (Å²) in [4.78, 5) is 2.65. The maximum absolute atomic E-state index is 5.75. The van der Waals surface area contributed by atoms with Crippen molar-refractivity contribution >= 4 is 23.0 Å². The van der Waals surface area contributed by atoms with Gasteiger partial charge in [0.2, 0.25) is 0 Å². The monoisotopic (exact) mass is 264 g/mol. The van der Waals surface area contributed by atoms with Crippen LogP contribution in [0, 0.1) is 5.41 Å². The molecule has 0 atom stereocenters. The number of aromatic nitrogens is 2. The molecule has 1 aromatic heterocycles. The standard InChI is InChI=1S/C13H20N4S/c1-13(2)5-3-8-17(9-6-13)12-10(11(14)18)4-7-15-16-12/h4,7H,3,5-6,8-9H2,1-2H3,(H2,14,18). The molecule has 4 nitrogen and oxygen atoms in total. The van der Waals surface area contributed by atoms with Crippen molar-refractivity contribution in [2.45, 2.75) is 33.1 Å². The first-order valence-electron chi connectivity index (χ1n) is 6.36. The summed E-state index contributed by atoms with van der Waals surface area (Å²) in [6, 6.07) is 1.85. The Balaban J connectivity index is 2.24. The van der Waals surface area contributed by atoms with E-state index >= 15 is 0 Å². The van der Waals surface area contributed by atoms with Crippen LogP contribution in [0.4, 0.5) is 5.82 Å². The van der Waals surface area contributed by atoms with Gasteiger partial charge < -0.3 is 10.6 Å². The smallest absolute Gasteiger partial charge is 0.161 e. The van der Waals surface area contributed by atoms with Crippen molar-refractivity contribution in [3.8, 4) is 0 Å². The van der Waals surface area contributed by atoms with Crippen molar-refractivity contribution in [3.63, 3.8) is 0 Å². The van der Waals surface area contributed by atoms with Crippen LogP contribution in [0.5, 0.6) is 0 Å². The fraction of sp³-hybridized carbons (Fsp3) is 0.615. The Hall–Kier alpha value is -1.23. The zero-order valence-corrected chi connectivity index (χ0v) is 11.8. The van der Waals surface area contributed by atoms with E-state index in [4.69, 9.17) is 18.0 Å². The molecule has 1 aromatic rings. The largest absolute Gasteiger partial charge is 0.389 e. The summed E-state index contributed by atoms with van der Waals surface area (Å²) in [5.74, 6) is 0.836. The van der Waals surface area contributed by atoms with E-state index in [9.17, 15) is 0 Å². The zero-order valence-electron chi connectivity index (χ0n) is 11.0. The van der Waals surface area contributed by atoms with Gasteiger partial charge in [0.05, 0.1) is 11.8 Å². The van der Waals surface area contributed by atoms with Crippen molar-refractivity contribution in [2.24, 2.45) is 11.1 Å². The number of hydrogen-bond donors (Lipinski definition) is 1. The average Bonchev–Trinajstić information content (AvgIpc) is 2.50. The lowest BCUT2D eigenvalue weighted by molar-refractivity contribution is 0.325. The predicted molar refractivity (Wildman–Crippen MR) is 77.8 cm³/mol. The molecular formula is C13H20N4S. The number of rotatable bonds is 2. The van der Waals surface area contributed by atoms with Crippen molar-refractivity contribution in [2.75, 3.05) is 18.0 Å². The second-order valence-corrected chi connectivity index (χ2v) is 6.08. The highest BCUT2D eigenvalue weighted by Gasteiger charge is 2.25. The van der Waals surface area contributed by atoms with Crippen molar-refractivity contribution < 1.29 is 0 Å². The molecule has 2 rings (SSSR count). The first-order valence-corrected chi connectivity index (χ1v) is 6.77. The average molecular weight is 264 g/mol. The first kappa shape index (κ1) is 13.2. The molecule has 1 aliphatic rings. The van der Waals surface area contributed by atoms with Gasteiger partial charge in [-0.3, -0.25) is 0 Å². The molecule has 0 spiro atoms. The molecule has 0 radical (unpaired) electrons. The van der Waals surface area contributed by atoms with E-state index in [1.165, 1.54) is 12.8 Å². The number of anilines is 1. The molecule has 0 saturated carbocycles. The summed E-state index contributed by atoms with van der Waals surface area (Å²) in [6.07, 6.45) is 5.20. The Kier molecular flexibility index (Phi) is 3.80. The van der Waals surface area contributed by atoms with Gasteiger partial charge in [0.25, 0.3) is 0 Å². The van der Waals surface area contributed by atoms with E-state index in [1.54, 1.807) is 6.20 Å². The Morgan fingerprint density at radius 1 is 1.39 bits per heavy atom. The number of hydrogen-bond acceptors (Lipinski definition) is 4. The van der Waals surface area contributed by atoms with E-state index in [-0.39, 0.29) is 0 Å². The summed E-state index contributed by atoms with van der Waals surface area (Å²) in [5.41, 5.74) is 6.99. The number of thiocarbonyl (C=S) groups is 1. The van der Waals surface area contributed by atoms with Crippen LogP contribution >= 0.6 is 12.2 Å². The molecular weight excluding hydrogens is 244 g/mol. The molecule has 1 saturated heterocycles. The third kappa shape index (κ3) is 2.96. The van der Waals surface area contributed by atoms with Gasteiger partial charge in [0.15, 0.2) is 5.82 Å². The van der Waals surface area contributed by atoms with E-state index in [0.717, 1.165) is 30.9 Å². The second-order valence-electron chi connectivity index (χ2n) is 5.64. The van der Waals surface area contributed by atoms with Crippen molar-refractivity contribution in [1.82, 2.24) is 10.2 Å². The lowest BCUT2D eigenvalue weighted by Crippen LogP contribution is -2.29.